The van der Waals surface area contributed by atoms with Crippen LogP contribution in [0.4, 0.5) is 4.39 Å². The second-order valence-corrected chi connectivity index (χ2v) is 6.61. The van der Waals surface area contributed by atoms with Crippen LogP contribution < -0.4 is 0 Å². The van der Waals surface area contributed by atoms with Crippen LogP contribution in [0.1, 0.15) is 56.5 Å². The maximum Gasteiger partial charge on any atom is 0.291 e. The van der Waals surface area contributed by atoms with Crippen molar-refractivity contribution >= 4 is 10.9 Å². The van der Waals surface area contributed by atoms with Crippen LogP contribution in [-0.2, 0) is 0 Å². The summed E-state index contributed by atoms with van der Waals surface area (Å²) in [4.78, 5) is 4.50. The van der Waals surface area contributed by atoms with E-state index in [2.05, 4.69) is 21.0 Å². The molecule has 1 aromatic carbocycles. The number of hydrogen-bond donors (Lipinski definition) is 0. The summed E-state index contributed by atoms with van der Waals surface area (Å²) in [5.74, 6) is 0.816. The summed E-state index contributed by atoms with van der Waals surface area (Å²) in [7, 11) is 0. The third kappa shape index (κ3) is 2.79. The minimum absolute atomic E-state index is 0.156. The molecular weight excluding hydrogens is 319 g/mol. The molecule has 6 heteroatoms. The number of halogens is 1. The van der Waals surface area contributed by atoms with E-state index in [0.29, 0.717) is 11.4 Å². The zero-order valence-corrected chi connectivity index (χ0v) is 14.2. The average molecular weight is 338 g/mol. The molecule has 1 aliphatic carbocycles. The van der Waals surface area contributed by atoms with Gasteiger partial charge in [-0.05, 0) is 48.6 Å². The number of hydrogen-bond acceptors (Lipinski definition) is 4. The van der Waals surface area contributed by atoms with Crippen molar-refractivity contribution in [1.29, 1.82) is 0 Å². The van der Waals surface area contributed by atoms with Gasteiger partial charge in [0.15, 0.2) is 0 Å². The highest BCUT2D eigenvalue weighted by atomic mass is 19.1. The summed E-state index contributed by atoms with van der Waals surface area (Å²) in [6.07, 6.45) is 6.67. The first-order chi connectivity index (χ1) is 12.1. The molecule has 0 radical (unpaired) electrons. The Morgan fingerprint density at radius 2 is 2.20 bits per heavy atom. The highest BCUT2D eigenvalue weighted by molar-refractivity contribution is 5.84. The molecule has 0 saturated carbocycles. The zero-order chi connectivity index (χ0) is 17.4. The van der Waals surface area contributed by atoms with Gasteiger partial charge in [0.05, 0.1) is 5.69 Å². The van der Waals surface area contributed by atoms with Crippen molar-refractivity contribution in [1.82, 2.24) is 19.9 Å². The molecule has 2 heterocycles. The van der Waals surface area contributed by atoms with Crippen molar-refractivity contribution in [3.63, 3.8) is 0 Å². The van der Waals surface area contributed by atoms with Crippen LogP contribution in [0, 0.1) is 5.82 Å². The molecule has 0 bridgehead atoms. The second kappa shape index (κ2) is 6.30. The largest absolute Gasteiger partial charge is 0.337 e. The first-order valence-electron chi connectivity index (χ1n) is 8.55. The maximum absolute atomic E-state index is 14.5. The number of fused-ring (bicyclic) bond motifs is 1. The van der Waals surface area contributed by atoms with Gasteiger partial charge in [-0.2, -0.15) is 14.8 Å². The Bertz CT molecular complexity index is 979. The number of aromatic nitrogens is 4. The summed E-state index contributed by atoms with van der Waals surface area (Å²) in [6.45, 7) is 4.06. The fraction of sp³-hybridized carbons (Fsp3) is 0.368. The summed E-state index contributed by atoms with van der Waals surface area (Å²) in [5.41, 5.74) is 4.34. The van der Waals surface area contributed by atoms with Crippen molar-refractivity contribution in [3.05, 3.63) is 53.5 Å². The Morgan fingerprint density at radius 1 is 1.32 bits per heavy atom. The third-order valence-electron chi connectivity index (χ3n) is 4.50. The van der Waals surface area contributed by atoms with Gasteiger partial charge in [-0.1, -0.05) is 26.0 Å². The van der Waals surface area contributed by atoms with Gasteiger partial charge in [0.25, 0.3) is 5.95 Å². The molecule has 1 unspecified atom stereocenters. The van der Waals surface area contributed by atoms with E-state index in [1.807, 2.05) is 32.1 Å². The molecule has 128 valence electrons. The van der Waals surface area contributed by atoms with Crippen LogP contribution in [0.5, 0.6) is 0 Å². The predicted octanol–water partition coefficient (Wildman–Crippen LogP) is 4.65. The third-order valence-corrected chi connectivity index (χ3v) is 4.50. The molecule has 1 atom stereocenters. The van der Waals surface area contributed by atoms with Crippen molar-refractivity contribution in [3.8, 4) is 5.95 Å². The van der Waals surface area contributed by atoms with Gasteiger partial charge in [0.2, 0.25) is 5.89 Å². The van der Waals surface area contributed by atoms with Crippen LogP contribution in [0.2, 0.25) is 0 Å². The van der Waals surface area contributed by atoms with Crippen LogP contribution in [0.3, 0.4) is 0 Å². The second-order valence-electron chi connectivity index (χ2n) is 6.61. The van der Waals surface area contributed by atoms with Gasteiger partial charge >= 0.3 is 0 Å². The Kier molecular flexibility index (Phi) is 3.98. The van der Waals surface area contributed by atoms with Crippen LogP contribution >= 0.6 is 0 Å². The maximum atomic E-state index is 14.5. The Morgan fingerprint density at radius 3 is 3.04 bits per heavy atom. The molecule has 2 aromatic heterocycles. The smallest absolute Gasteiger partial charge is 0.291 e. The molecule has 0 spiro atoms. The van der Waals surface area contributed by atoms with Crippen molar-refractivity contribution in [2.45, 2.75) is 44.9 Å². The lowest BCUT2D eigenvalue weighted by molar-refractivity contribution is 0.345. The Labute approximate surface area is 144 Å². The molecule has 0 N–H and O–H groups in total. The van der Waals surface area contributed by atoms with Crippen LogP contribution in [0.25, 0.3) is 16.9 Å². The molecule has 1 aliphatic rings. The van der Waals surface area contributed by atoms with Gasteiger partial charge < -0.3 is 4.52 Å². The number of nitrogens with zero attached hydrogens (tertiary/aromatic N) is 4. The standard InChI is InChI=1S/C19H19FN4O/c1-12(2)16-14-10-7-11-15(20)17(14)24(22-16)19-21-18(25-23-19)13-8-5-3-4-6-9-13/h3,6-7,10-13H,5,8-9H2,1-2H3. The molecule has 0 fully saturated rings. The fourth-order valence-corrected chi connectivity index (χ4v) is 3.20. The number of rotatable bonds is 3. The predicted molar refractivity (Wildman–Crippen MR) is 92.2 cm³/mol. The number of benzene rings is 1. The zero-order valence-electron chi connectivity index (χ0n) is 14.2. The molecule has 5 nitrogen and oxygen atoms in total. The van der Waals surface area contributed by atoms with Gasteiger partial charge in [-0.25, -0.2) is 4.39 Å². The first-order valence-corrected chi connectivity index (χ1v) is 8.55. The highest BCUT2D eigenvalue weighted by Crippen LogP contribution is 2.30. The number of allylic oxidation sites excluding steroid dienone is 1. The molecular formula is C19H19FN4O. The van der Waals surface area contributed by atoms with E-state index >= 15 is 0 Å². The average Bonchev–Trinajstić information content (AvgIpc) is 3.13. The normalized spacial score (nSPS) is 17.5. The van der Waals surface area contributed by atoms with Crippen molar-refractivity contribution in [2.24, 2.45) is 0 Å². The molecule has 0 amide bonds. The quantitative estimate of drug-likeness (QED) is 0.652. The van der Waals surface area contributed by atoms with Gasteiger partial charge in [-0.3, -0.25) is 0 Å². The Hall–Kier alpha value is -2.72. The minimum Gasteiger partial charge on any atom is -0.337 e. The molecule has 0 saturated heterocycles. The molecule has 4 rings (SSSR count). The molecule has 25 heavy (non-hydrogen) atoms. The summed E-state index contributed by atoms with van der Waals surface area (Å²) >= 11 is 0. The lowest BCUT2D eigenvalue weighted by Gasteiger charge is -2.05. The van der Waals surface area contributed by atoms with E-state index in [-0.39, 0.29) is 23.6 Å². The summed E-state index contributed by atoms with van der Waals surface area (Å²) < 4.78 is 21.4. The molecule has 3 aromatic rings. The lowest BCUT2D eigenvalue weighted by Crippen LogP contribution is -2.03. The summed E-state index contributed by atoms with van der Waals surface area (Å²) in [6, 6.07) is 5.00. The van der Waals surface area contributed by atoms with E-state index in [4.69, 9.17) is 4.52 Å². The van der Waals surface area contributed by atoms with E-state index in [1.54, 1.807) is 6.07 Å². The summed E-state index contributed by atoms with van der Waals surface area (Å²) in [5, 5.41) is 9.40. The van der Waals surface area contributed by atoms with E-state index in [1.165, 1.54) is 10.7 Å². The van der Waals surface area contributed by atoms with Crippen LogP contribution in [0.15, 0.2) is 40.6 Å². The van der Waals surface area contributed by atoms with E-state index in [0.717, 1.165) is 30.3 Å². The first kappa shape index (κ1) is 15.8. The fourth-order valence-electron chi connectivity index (χ4n) is 3.20. The van der Waals surface area contributed by atoms with E-state index in [9.17, 15) is 4.39 Å². The van der Waals surface area contributed by atoms with Gasteiger partial charge in [0, 0.05) is 11.3 Å². The van der Waals surface area contributed by atoms with Gasteiger partial charge in [-0.15, -0.1) is 5.73 Å². The Balaban J connectivity index is 1.79. The van der Waals surface area contributed by atoms with Crippen molar-refractivity contribution < 1.29 is 8.91 Å². The van der Waals surface area contributed by atoms with Crippen LogP contribution in [-0.4, -0.2) is 19.9 Å². The molecule has 0 aliphatic heterocycles. The van der Waals surface area contributed by atoms with Crippen molar-refractivity contribution in [2.75, 3.05) is 0 Å². The van der Waals surface area contributed by atoms with E-state index < -0.39 is 0 Å². The monoisotopic (exact) mass is 338 g/mol. The highest BCUT2D eigenvalue weighted by Gasteiger charge is 2.23. The van der Waals surface area contributed by atoms with Gasteiger partial charge in [0.1, 0.15) is 11.3 Å². The lowest BCUT2D eigenvalue weighted by atomic mass is 10.0. The topological polar surface area (TPSA) is 56.7 Å². The number of para-hydroxylation sites is 1. The SMILES string of the molecule is CC(C)c1nn(-c2noc(C3CC=C=CCC3)n2)c2c(F)cccc12. The minimum atomic E-state index is -0.343.